The predicted octanol–water partition coefficient (Wildman–Crippen LogP) is 3.68. The van der Waals surface area contributed by atoms with E-state index in [2.05, 4.69) is 36.3 Å². The molecule has 0 unspecified atom stereocenters. The number of aryl methyl sites for hydroxylation is 3. The van der Waals surface area contributed by atoms with Crippen molar-refractivity contribution in [1.29, 1.82) is 0 Å². The fourth-order valence-corrected chi connectivity index (χ4v) is 2.26. The predicted molar refractivity (Wildman–Crippen MR) is 76.7 cm³/mol. The van der Waals surface area contributed by atoms with E-state index in [1.54, 1.807) is 4.68 Å². The number of rotatable bonds is 5. The van der Waals surface area contributed by atoms with Gasteiger partial charge >= 0.3 is 0 Å². The normalized spacial score (nSPS) is 10.7. The summed E-state index contributed by atoms with van der Waals surface area (Å²) in [7, 11) is 0. The van der Waals surface area contributed by atoms with Gasteiger partial charge < -0.3 is 0 Å². The second kappa shape index (κ2) is 6.02. The van der Waals surface area contributed by atoms with E-state index in [0.29, 0.717) is 23.7 Å². The van der Waals surface area contributed by atoms with Crippen LogP contribution in [0.15, 0.2) is 30.5 Å². The number of Topliss-reactive ketones (excluding diaryl/α,β-unsaturated/α-hetero) is 1. The van der Waals surface area contributed by atoms with Crippen molar-refractivity contribution < 1.29 is 4.79 Å². The first-order chi connectivity index (χ1) is 9.11. The van der Waals surface area contributed by atoms with E-state index in [1.807, 2.05) is 6.92 Å². The molecule has 0 aliphatic rings. The van der Waals surface area contributed by atoms with Crippen molar-refractivity contribution in [2.24, 2.45) is 0 Å². The molecule has 0 saturated heterocycles. The first-order valence-corrected chi connectivity index (χ1v) is 6.79. The van der Waals surface area contributed by atoms with Crippen LogP contribution >= 0.6 is 11.6 Å². The van der Waals surface area contributed by atoms with Crippen LogP contribution in [-0.2, 0) is 13.0 Å². The zero-order valence-corrected chi connectivity index (χ0v) is 11.9. The minimum absolute atomic E-state index is 0.0462. The van der Waals surface area contributed by atoms with Crippen LogP contribution in [0.2, 0.25) is 5.02 Å². The number of carbonyl (C=O) groups excluding carboxylic acids is 1. The summed E-state index contributed by atoms with van der Waals surface area (Å²) in [6.45, 7) is 4.65. The highest BCUT2D eigenvalue weighted by molar-refractivity contribution is 6.33. The molecular formula is C15H17ClN2O. The van der Waals surface area contributed by atoms with Crippen molar-refractivity contribution in [2.45, 2.75) is 33.2 Å². The van der Waals surface area contributed by atoms with Crippen molar-refractivity contribution in [3.05, 3.63) is 52.3 Å². The van der Waals surface area contributed by atoms with Crippen LogP contribution in [0.3, 0.4) is 0 Å². The molecule has 1 heterocycles. The number of benzene rings is 1. The third-order valence-electron chi connectivity index (χ3n) is 3.12. The van der Waals surface area contributed by atoms with E-state index in [4.69, 9.17) is 11.6 Å². The molecule has 0 atom stereocenters. The van der Waals surface area contributed by atoms with Crippen molar-refractivity contribution in [1.82, 2.24) is 9.78 Å². The highest BCUT2D eigenvalue weighted by Crippen LogP contribution is 2.18. The Morgan fingerprint density at radius 1 is 1.32 bits per heavy atom. The molecule has 0 fully saturated rings. The first-order valence-electron chi connectivity index (χ1n) is 6.42. The lowest BCUT2D eigenvalue weighted by Crippen LogP contribution is -2.10. The van der Waals surface area contributed by atoms with E-state index in [0.717, 1.165) is 12.0 Å². The summed E-state index contributed by atoms with van der Waals surface area (Å²) < 4.78 is 1.65. The van der Waals surface area contributed by atoms with Gasteiger partial charge in [-0.05, 0) is 25.8 Å². The first kappa shape index (κ1) is 13.8. The van der Waals surface area contributed by atoms with Gasteiger partial charge in [0.15, 0.2) is 5.78 Å². The summed E-state index contributed by atoms with van der Waals surface area (Å²) >= 11 is 6.02. The minimum Gasteiger partial charge on any atom is -0.292 e. The van der Waals surface area contributed by atoms with Gasteiger partial charge in [0.1, 0.15) is 5.69 Å². The SMILES string of the molecule is CCn1ncc(Cl)c1C(=O)CCc1ccc(C)cc1. The van der Waals surface area contributed by atoms with Gasteiger partial charge in [-0.15, -0.1) is 0 Å². The molecule has 0 saturated carbocycles. The number of carbonyl (C=O) groups is 1. The molecule has 0 aliphatic heterocycles. The molecule has 3 nitrogen and oxygen atoms in total. The molecule has 19 heavy (non-hydrogen) atoms. The topological polar surface area (TPSA) is 34.9 Å². The minimum atomic E-state index is 0.0462. The molecule has 0 amide bonds. The van der Waals surface area contributed by atoms with Gasteiger partial charge in [0, 0.05) is 13.0 Å². The average molecular weight is 277 g/mol. The van der Waals surface area contributed by atoms with Gasteiger partial charge in [-0.1, -0.05) is 41.4 Å². The van der Waals surface area contributed by atoms with Crippen LogP contribution in [0, 0.1) is 6.92 Å². The van der Waals surface area contributed by atoms with Crippen LogP contribution in [0.4, 0.5) is 0 Å². The smallest absolute Gasteiger partial charge is 0.182 e. The molecule has 100 valence electrons. The highest BCUT2D eigenvalue weighted by Gasteiger charge is 2.16. The molecular weight excluding hydrogens is 260 g/mol. The van der Waals surface area contributed by atoms with Crippen LogP contribution in [-0.4, -0.2) is 15.6 Å². The fourth-order valence-electron chi connectivity index (χ4n) is 2.01. The maximum absolute atomic E-state index is 12.2. The Morgan fingerprint density at radius 3 is 2.63 bits per heavy atom. The molecule has 2 rings (SSSR count). The summed E-state index contributed by atoms with van der Waals surface area (Å²) in [4.78, 5) is 12.2. The van der Waals surface area contributed by atoms with E-state index in [-0.39, 0.29) is 5.78 Å². The van der Waals surface area contributed by atoms with Crippen molar-refractivity contribution in [2.75, 3.05) is 0 Å². The molecule has 2 aromatic rings. The maximum atomic E-state index is 12.2. The monoisotopic (exact) mass is 276 g/mol. The summed E-state index contributed by atoms with van der Waals surface area (Å²) in [5.41, 5.74) is 2.91. The van der Waals surface area contributed by atoms with Crippen molar-refractivity contribution in [3.63, 3.8) is 0 Å². The van der Waals surface area contributed by atoms with Gasteiger partial charge in [0.05, 0.1) is 11.2 Å². The second-order valence-corrected chi connectivity index (χ2v) is 4.97. The number of ketones is 1. The largest absolute Gasteiger partial charge is 0.292 e. The van der Waals surface area contributed by atoms with Gasteiger partial charge in [0.2, 0.25) is 0 Å². The Balaban J connectivity index is 2.05. The van der Waals surface area contributed by atoms with Crippen LogP contribution in [0.1, 0.15) is 35.0 Å². The average Bonchev–Trinajstić information content (AvgIpc) is 2.79. The Kier molecular flexibility index (Phi) is 4.38. The number of halogens is 1. The van der Waals surface area contributed by atoms with Crippen LogP contribution in [0.5, 0.6) is 0 Å². The molecule has 0 bridgehead atoms. The lowest BCUT2D eigenvalue weighted by Gasteiger charge is -2.05. The molecule has 0 N–H and O–H groups in total. The zero-order chi connectivity index (χ0) is 13.8. The molecule has 0 aliphatic carbocycles. The molecule has 0 spiro atoms. The summed E-state index contributed by atoms with van der Waals surface area (Å²) in [5.74, 6) is 0.0462. The number of aromatic nitrogens is 2. The summed E-state index contributed by atoms with van der Waals surface area (Å²) in [6, 6.07) is 8.23. The molecule has 0 radical (unpaired) electrons. The number of hydrogen-bond acceptors (Lipinski definition) is 2. The maximum Gasteiger partial charge on any atom is 0.182 e. The van der Waals surface area contributed by atoms with E-state index in [1.165, 1.54) is 11.8 Å². The standard InChI is InChI=1S/C15H17ClN2O/c1-3-18-15(13(16)10-17-18)14(19)9-8-12-6-4-11(2)5-7-12/h4-7,10H,3,8-9H2,1-2H3. The van der Waals surface area contributed by atoms with E-state index >= 15 is 0 Å². The zero-order valence-electron chi connectivity index (χ0n) is 11.2. The molecule has 4 heteroatoms. The molecule has 1 aromatic heterocycles. The van der Waals surface area contributed by atoms with E-state index < -0.39 is 0 Å². The lowest BCUT2D eigenvalue weighted by molar-refractivity contribution is 0.0972. The summed E-state index contributed by atoms with van der Waals surface area (Å²) in [5, 5.41) is 4.53. The number of nitrogens with zero attached hydrogens (tertiary/aromatic N) is 2. The Morgan fingerprint density at radius 2 is 2.00 bits per heavy atom. The lowest BCUT2D eigenvalue weighted by atomic mass is 10.0. The van der Waals surface area contributed by atoms with Crippen LogP contribution < -0.4 is 0 Å². The van der Waals surface area contributed by atoms with Gasteiger partial charge in [-0.2, -0.15) is 5.10 Å². The Hall–Kier alpha value is -1.61. The van der Waals surface area contributed by atoms with Gasteiger partial charge in [-0.25, -0.2) is 0 Å². The third-order valence-corrected chi connectivity index (χ3v) is 3.40. The van der Waals surface area contributed by atoms with Gasteiger partial charge in [-0.3, -0.25) is 9.48 Å². The summed E-state index contributed by atoms with van der Waals surface area (Å²) in [6.07, 6.45) is 2.71. The van der Waals surface area contributed by atoms with Crippen molar-refractivity contribution >= 4 is 17.4 Å². The van der Waals surface area contributed by atoms with Gasteiger partial charge in [0.25, 0.3) is 0 Å². The fraction of sp³-hybridized carbons (Fsp3) is 0.333. The number of hydrogen-bond donors (Lipinski definition) is 0. The third kappa shape index (κ3) is 3.24. The second-order valence-electron chi connectivity index (χ2n) is 4.57. The van der Waals surface area contributed by atoms with E-state index in [9.17, 15) is 4.79 Å². The van der Waals surface area contributed by atoms with Crippen molar-refractivity contribution in [3.8, 4) is 0 Å². The Labute approximate surface area is 118 Å². The quantitative estimate of drug-likeness (QED) is 0.781. The highest BCUT2D eigenvalue weighted by atomic mass is 35.5. The molecule has 1 aromatic carbocycles. The Bertz CT molecular complexity index is 572. The van der Waals surface area contributed by atoms with Crippen LogP contribution in [0.25, 0.3) is 0 Å².